The van der Waals surface area contributed by atoms with Gasteiger partial charge in [0.2, 0.25) is 0 Å². The maximum Gasteiger partial charge on any atom is 0.317 e. The predicted molar refractivity (Wildman–Crippen MR) is 70.5 cm³/mol. The number of aliphatic hydroxyl groups excluding tert-OH is 1. The highest BCUT2D eigenvalue weighted by atomic mass is 16.5. The molecule has 18 heavy (non-hydrogen) atoms. The van der Waals surface area contributed by atoms with Crippen LogP contribution in [0.3, 0.4) is 0 Å². The lowest BCUT2D eigenvalue weighted by molar-refractivity contribution is 0.0821. The van der Waals surface area contributed by atoms with Crippen molar-refractivity contribution in [2.45, 2.75) is 51.7 Å². The molecule has 1 fully saturated rings. The Bertz CT molecular complexity index is 242. The van der Waals surface area contributed by atoms with Crippen LogP contribution in [0, 0.1) is 0 Å². The molecule has 106 valence electrons. The lowest BCUT2D eigenvalue weighted by Crippen LogP contribution is -2.46. The van der Waals surface area contributed by atoms with Crippen molar-refractivity contribution in [1.82, 2.24) is 10.2 Å². The van der Waals surface area contributed by atoms with Gasteiger partial charge < -0.3 is 20.1 Å². The Hall–Kier alpha value is -0.810. The molecule has 0 aliphatic carbocycles. The average molecular weight is 258 g/mol. The van der Waals surface area contributed by atoms with Crippen LogP contribution in [0.5, 0.6) is 0 Å². The molecule has 1 heterocycles. The summed E-state index contributed by atoms with van der Waals surface area (Å²) < 4.78 is 5.55. The Morgan fingerprint density at radius 2 is 2.39 bits per heavy atom. The lowest BCUT2D eigenvalue weighted by atomic mass is 10.2. The number of ether oxygens (including phenoxy) is 1. The monoisotopic (exact) mass is 258 g/mol. The maximum absolute atomic E-state index is 12.0. The molecule has 2 N–H and O–H groups in total. The second kappa shape index (κ2) is 8.32. The largest absolute Gasteiger partial charge is 0.396 e. The first-order valence-corrected chi connectivity index (χ1v) is 6.95. The van der Waals surface area contributed by atoms with Crippen LogP contribution in [-0.4, -0.2) is 54.5 Å². The number of rotatable bonds is 7. The zero-order valence-corrected chi connectivity index (χ0v) is 11.5. The highest BCUT2D eigenvalue weighted by molar-refractivity contribution is 5.74. The summed E-state index contributed by atoms with van der Waals surface area (Å²) in [6.07, 6.45) is 3.86. The summed E-state index contributed by atoms with van der Waals surface area (Å²) in [5.41, 5.74) is 0. The second-order valence-corrected chi connectivity index (χ2v) is 4.89. The summed E-state index contributed by atoms with van der Waals surface area (Å²) >= 11 is 0. The van der Waals surface area contributed by atoms with Crippen LogP contribution in [-0.2, 0) is 4.74 Å². The first kappa shape index (κ1) is 15.2. The highest BCUT2D eigenvalue weighted by Gasteiger charge is 2.22. The van der Waals surface area contributed by atoms with Crippen molar-refractivity contribution in [2.75, 3.05) is 26.3 Å². The Morgan fingerprint density at radius 1 is 1.61 bits per heavy atom. The van der Waals surface area contributed by atoms with E-state index in [1.807, 2.05) is 13.8 Å². The van der Waals surface area contributed by atoms with E-state index in [4.69, 9.17) is 9.84 Å². The molecule has 0 aromatic heterocycles. The number of nitrogens with zero attached hydrogens (tertiary/aromatic N) is 1. The van der Waals surface area contributed by atoms with Gasteiger partial charge in [-0.2, -0.15) is 0 Å². The van der Waals surface area contributed by atoms with Crippen LogP contribution in [0.25, 0.3) is 0 Å². The van der Waals surface area contributed by atoms with E-state index in [0.29, 0.717) is 13.1 Å². The van der Waals surface area contributed by atoms with Gasteiger partial charge >= 0.3 is 6.03 Å². The van der Waals surface area contributed by atoms with Crippen LogP contribution < -0.4 is 5.32 Å². The van der Waals surface area contributed by atoms with Gasteiger partial charge in [-0.05, 0) is 39.5 Å². The van der Waals surface area contributed by atoms with E-state index < -0.39 is 0 Å². The third-order valence-electron chi connectivity index (χ3n) is 3.28. The smallest absolute Gasteiger partial charge is 0.317 e. The van der Waals surface area contributed by atoms with Crippen molar-refractivity contribution in [3.05, 3.63) is 0 Å². The average Bonchev–Trinajstić information content (AvgIpc) is 2.86. The highest BCUT2D eigenvalue weighted by Crippen LogP contribution is 2.13. The number of nitrogens with one attached hydrogen (secondary N) is 1. The molecule has 0 aromatic carbocycles. The van der Waals surface area contributed by atoms with Crippen LogP contribution in [0.4, 0.5) is 4.79 Å². The number of hydrogen-bond donors (Lipinski definition) is 2. The zero-order valence-electron chi connectivity index (χ0n) is 11.5. The SMILES string of the molecule is CCN(CC1CCCO1)C(=O)NC(C)CCCO. The van der Waals surface area contributed by atoms with Gasteiger partial charge in [-0.25, -0.2) is 4.79 Å². The number of carbonyl (C=O) groups excluding carboxylic acids is 1. The molecule has 5 heteroatoms. The minimum Gasteiger partial charge on any atom is -0.396 e. The minimum absolute atomic E-state index is 0.0292. The van der Waals surface area contributed by atoms with Gasteiger partial charge in [-0.1, -0.05) is 0 Å². The van der Waals surface area contributed by atoms with Crippen LogP contribution in [0.2, 0.25) is 0 Å². The van der Waals surface area contributed by atoms with Crippen molar-refractivity contribution in [3.8, 4) is 0 Å². The maximum atomic E-state index is 12.0. The third kappa shape index (κ3) is 5.23. The fraction of sp³-hybridized carbons (Fsp3) is 0.923. The predicted octanol–water partition coefficient (Wildman–Crippen LogP) is 1.36. The van der Waals surface area contributed by atoms with Crippen molar-refractivity contribution < 1.29 is 14.6 Å². The molecule has 5 nitrogen and oxygen atoms in total. The number of aliphatic hydroxyl groups is 1. The summed E-state index contributed by atoms with van der Waals surface area (Å²) in [5, 5.41) is 11.7. The third-order valence-corrected chi connectivity index (χ3v) is 3.28. The first-order chi connectivity index (χ1) is 8.67. The summed E-state index contributed by atoms with van der Waals surface area (Å²) in [5.74, 6) is 0. The lowest BCUT2D eigenvalue weighted by Gasteiger charge is -2.26. The van der Waals surface area contributed by atoms with Gasteiger partial charge in [-0.15, -0.1) is 0 Å². The molecule has 0 bridgehead atoms. The molecule has 0 spiro atoms. The number of hydrogen-bond acceptors (Lipinski definition) is 3. The molecule has 1 aliphatic heterocycles. The van der Waals surface area contributed by atoms with E-state index in [1.165, 1.54) is 0 Å². The Morgan fingerprint density at radius 3 is 2.94 bits per heavy atom. The van der Waals surface area contributed by atoms with Gasteiger partial charge in [0.15, 0.2) is 0 Å². The van der Waals surface area contributed by atoms with Crippen molar-refractivity contribution in [3.63, 3.8) is 0 Å². The van der Waals surface area contributed by atoms with E-state index in [2.05, 4.69) is 5.32 Å². The van der Waals surface area contributed by atoms with Gasteiger partial charge in [0.1, 0.15) is 0 Å². The van der Waals surface area contributed by atoms with Crippen LogP contribution in [0.15, 0.2) is 0 Å². The Labute approximate surface area is 109 Å². The molecular weight excluding hydrogens is 232 g/mol. The topological polar surface area (TPSA) is 61.8 Å². The zero-order chi connectivity index (χ0) is 13.4. The van der Waals surface area contributed by atoms with Gasteiger partial charge in [0.25, 0.3) is 0 Å². The fourth-order valence-corrected chi connectivity index (χ4v) is 2.16. The van der Waals surface area contributed by atoms with Gasteiger partial charge in [0.05, 0.1) is 6.10 Å². The van der Waals surface area contributed by atoms with Gasteiger partial charge in [-0.3, -0.25) is 0 Å². The van der Waals surface area contributed by atoms with E-state index in [9.17, 15) is 4.79 Å². The molecule has 2 amide bonds. The quantitative estimate of drug-likeness (QED) is 0.725. The van der Waals surface area contributed by atoms with Crippen molar-refractivity contribution >= 4 is 6.03 Å². The number of urea groups is 1. The molecule has 0 saturated carbocycles. The van der Waals surface area contributed by atoms with E-state index in [-0.39, 0.29) is 24.8 Å². The molecule has 0 aromatic rings. The van der Waals surface area contributed by atoms with Crippen LogP contribution in [0.1, 0.15) is 39.5 Å². The van der Waals surface area contributed by atoms with E-state index in [1.54, 1.807) is 4.90 Å². The minimum atomic E-state index is -0.0292. The van der Waals surface area contributed by atoms with Gasteiger partial charge in [0, 0.05) is 32.3 Å². The molecule has 2 atom stereocenters. The Kier molecular flexibility index (Phi) is 7.05. The molecule has 1 saturated heterocycles. The van der Waals surface area contributed by atoms with Crippen LogP contribution >= 0.6 is 0 Å². The summed E-state index contributed by atoms with van der Waals surface area (Å²) in [6.45, 7) is 6.30. The standard InChI is InChI=1S/C13H26N2O3/c1-3-15(10-12-7-5-9-18-12)13(17)14-11(2)6-4-8-16/h11-12,16H,3-10H2,1-2H3,(H,14,17). The summed E-state index contributed by atoms with van der Waals surface area (Å²) in [6, 6.07) is 0.0710. The number of carbonyl (C=O) groups is 1. The summed E-state index contributed by atoms with van der Waals surface area (Å²) in [4.78, 5) is 13.8. The molecule has 0 radical (unpaired) electrons. The molecule has 1 rings (SSSR count). The number of likely N-dealkylation sites (N-methyl/N-ethyl adjacent to an activating group) is 1. The van der Waals surface area contributed by atoms with E-state index in [0.717, 1.165) is 32.3 Å². The molecular formula is C13H26N2O3. The Balaban J connectivity index is 2.31. The second-order valence-electron chi connectivity index (χ2n) is 4.89. The van der Waals surface area contributed by atoms with Crippen molar-refractivity contribution in [2.24, 2.45) is 0 Å². The molecule has 2 unspecified atom stereocenters. The fourth-order valence-electron chi connectivity index (χ4n) is 2.16. The van der Waals surface area contributed by atoms with Crippen molar-refractivity contribution in [1.29, 1.82) is 0 Å². The van der Waals surface area contributed by atoms with E-state index >= 15 is 0 Å². The molecule has 1 aliphatic rings. The number of amides is 2. The summed E-state index contributed by atoms with van der Waals surface area (Å²) in [7, 11) is 0. The normalized spacial score (nSPS) is 20.7. The first-order valence-electron chi connectivity index (χ1n) is 6.95.